The van der Waals surface area contributed by atoms with E-state index in [0.29, 0.717) is 11.3 Å². The van der Waals surface area contributed by atoms with E-state index in [1.807, 2.05) is 12.1 Å². The monoisotopic (exact) mass is 304 g/mol. The van der Waals surface area contributed by atoms with Gasteiger partial charge in [-0.25, -0.2) is 4.98 Å². The number of carbonyl (C=O) groups excluding carboxylic acids is 1. The fourth-order valence-electron chi connectivity index (χ4n) is 3.33. The molecule has 0 spiro atoms. The molecule has 0 aromatic carbocycles. The third-order valence-electron chi connectivity index (χ3n) is 4.54. The summed E-state index contributed by atoms with van der Waals surface area (Å²) in [6.07, 6.45) is 13.0. The van der Waals surface area contributed by atoms with E-state index in [9.17, 15) is 4.79 Å². The molecule has 0 radical (unpaired) electrons. The van der Waals surface area contributed by atoms with E-state index < -0.39 is 0 Å². The number of nitrogens with one attached hydrogen (secondary N) is 1. The quantitative estimate of drug-likeness (QED) is 0.907. The lowest BCUT2D eigenvalue weighted by molar-refractivity contribution is 0.0924. The third kappa shape index (κ3) is 4.00. The molecule has 0 bridgehead atoms. The van der Waals surface area contributed by atoms with E-state index in [2.05, 4.69) is 10.3 Å². The largest absolute Gasteiger partial charge is 0.349 e. The molecular formula is C17H24N2OS. The van der Waals surface area contributed by atoms with Gasteiger partial charge in [0.05, 0.1) is 5.56 Å². The minimum absolute atomic E-state index is 0.0653. The van der Waals surface area contributed by atoms with Gasteiger partial charge in [0.2, 0.25) is 0 Å². The van der Waals surface area contributed by atoms with Gasteiger partial charge in [0.25, 0.3) is 5.91 Å². The molecule has 0 atom stereocenters. The van der Waals surface area contributed by atoms with Gasteiger partial charge in [0.15, 0.2) is 0 Å². The zero-order chi connectivity index (χ0) is 14.5. The van der Waals surface area contributed by atoms with Crippen molar-refractivity contribution in [1.29, 1.82) is 0 Å². The number of hydrogen-bond acceptors (Lipinski definition) is 3. The Bertz CT molecular complexity index is 479. The van der Waals surface area contributed by atoms with Gasteiger partial charge in [-0.2, -0.15) is 0 Å². The Hall–Kier alpha value is -1.03. The highest BCUT2D eigenvalue weighted by molar-refractivity contribution is 7.99. The first kappa shape index (κ1) is 14.9. The first-order valence-electron chi connectivity index (χ1n) is 8.25. The van der Waals surface area contributed by atoms with Crippen LogP contribution in [0.15, 0.2) is 23.4 Å². The lowest BCUT2D eigenvalue weighted by Gasteiger charge is -2.23. The van der Waals surface area contributed by atoms with Crippen LogP contribution >= 0.6 is 11.8 Å². The summed E-state index contributed by atoms with van der Waals surface area (Å²) in [6.45, 7) is 0. The predicted molar refractivity (Wildman–Crippen MR) is 86.7 cm³/mol. The van der Waals surface area contributed by atoms with Gasteiger partial charge in [-0.3, -0.25) is 4.79 Å². The molecule has 1 aromatic heterocycles. The molecule has 2 aliphatic rings. The van der Waals surface area contributed by atoms with Crippen molar-refractivity contribution < 1.29 is 4.79 Å². The molecule has 114 valence electrons. The van der Waals surface area contributed by atoms with Crippen LogP contribution in [0.2, 0.25) is 0 Å². The molecule has 0 aliphatic heterocycles. The summed E-state index contributed by atoms with van der Waals surface area (Å²) in [5, 5.41) is 4.76. The predicted octanol–water partition coefficient (Wildman–Crippen LogP) is 4.18. The molecular weight excluding hydrogens is 280 g/mol. The summed E-state index contributed by atoms with van der Waals surface area (Å²) in [7, 11) is 0. The number of rotatable bonds is 4. The van der Waals surface area contributed by atoms with Gasteiger partial charge >= 0.3 is 0 Å². The van der Waals surface area contributed by atoms with E-state index in [-0.39, 0.29) is 5.91 Å². The number of hydrogen-bond donors (Lipinski definition) is 1. The molecule has 0 unspecified atom stereocenters. The van der Waals surface area contributed by atoms with Crippen LogP contribution in [0.1, 0.15) is 68.1 Å². The molecule has 3 rings (SSSR count). The van der Waals surface area contributed by atoms with Crippen molar-refractivity contribution in [2.24, 2.45) is 0 Å². The van der Waals surface area contributed by atoms with Crippen molar-refractivity contribution in [3.05, 3.63) is 23.9 Å². The van der Waals surface area contributed by atoms with Crippen LogP contribution in [0.3, 0.4) is 0 Å². The maximum absolute atomic E-state index is 12.5. The average molecular weight is 304 g/mol. The number of thioether (sulfide) groups is 1. The van der Waals surface area contributed by atoms with E-state index in [0.717, 1.165) is 23.4 Å². The highest BCUT2D eigenvalue weighted by Crippen LogP contribution is 2.35. The summed E-state index contributed by atoms with van der Waals surface area (Å²) in [5.74, 6) is 0.0653. The molecule has 3 nitrogen and oxygen atoms in total. The Kier molecular flexibility index (Phi) is 5.17. The molecule has 2 saturated carbocycles. The standard InChI is InChI=1S/C17H24N2OS/c20-16(19-13-7-2-1-3-8-13)15-11-6-12-18-17(15)21-14-9-4-5-10-14/h6,11-14H,1-5,7-10H2,(H,19,20). The summed E-state index contributed by atoms with van der Waals surface area (Å²) >= 11 is 1.80. The van der Waals surface area contributed by atoms with Crippen LogP contribution in [0.25, 0.3) is 0 Å². The minimum atomic E-state index is 0.0653. The van der Waals surface area contributed by atoms with Crippen molar-refractivity contribution in [2.45, 2.75) is 74.1 Å². The third-order valence-corrected chi connectivity index (χ3v) is 5.89. The van der Waals surface area contributed by atoms with Gasteiger partial charge in [-0.05, 0) is 37.8 Å². The number of aromatic nitrogens is 1. The second-order valence-electron chi connectivity index (χ2n) is 6.19. The highest BCUT2D eigenvalue weighted by atomic mass is 32.2. The SMILES string of the molecule is O=C(NC1CCCCC1)c1cccnc1SC1CCCC1. The van der Waals surface area contributed by atoms with Crippen molar-refractivity contribution >= 4 is 17.7 Å². The Morgan fingerprint density at radius 3 is 2.57 bits per heavy atom. The summed E-state index contributed by atoms with van der Waals surface area (Å²) < 4.78 is 0. The number of pyridine rings is 1. The molecule has 0 saturated heterocycles. The van der Waals surface area contributed by atoms with Crippen LogP contribution in [0.4, 0.5) is 0 Å². The van der Waals surface area contributed by atoms with E-state index in [1.165, 1.54) is 44.9 Å². The van der Waals surface area contributed by atoms with Crippen LogP contribution in [0.5, 0.6) is 0 Å². The molecule has 1 amide bonds. The Morgan fingerprint density at radius 1 is 1.10 bits per heavy atom. The molecule has 21 heavy (non-hydrogen) atoms. The fourth-order valence-corrected chi connectivity index (χ4v) is 4.63. The first-order valence-corrected chi connectivity index (χ1v) is 9.13. The smallest absolute Gasteiger partial charge is 0.254 e. The maximum atomic E-state index is 12.5. The topological polar surface area (TPSA) is 42.0 Å². The Balaban J connectivity index is 1.66. The maximum Gasteiger partial charge on any atom is 0.254 e. The van der Waals surface area contributed by atoms with E-state index in [4.69, 9.17) is 0 Å². The summed E-state index contributed by atoms with van der Waals surface area (Å²) in [5.41, 5.74) is 0.764. The van der Waals surface area contributed by atoms with Crippen LogP contribution in [-0.4, -0.2) is 22.2 Å². The molecule has 2 fully saturated rings. The van der Waals surface area contributed by atoms with Crippen LogP contribution < -0.4 is 5.32 Å². The lowest BCUT2D eigenvalue weighted by Crippen LogP contribution is -2.36. The summed E-state index contributed by atoms with van der Waals surface area (Å²) in [4.78, 5) is 17.0. The van der Waals surface area contributed by atoms with Gasteiger partial charge in [-0.1, -0.05) is 32.1 Å². The Labute approximate surface area is 131 Å². The lowest BCUT2D eigenvalue weighted by atomic mass is 9.95. The highest BCUT2D eigenvalue weighted by Gasteiger charge is 2.22. The van der Waals surface area contributed by atoms with Crippen molar-refractivity contribution in [1.82, 2.24) is 10.3 Å². The number of carbonyl (C=O) groups is 1. The molecule has 1 aromatic rings. The second-order valence-corrected chi connectivity index (χ2v) is 7.48. The van der Waals surface area contributed by atoms with Gasteiger partial charge < -0.3 is 5.32 Å². The number of amides is 1. The average Bonchev–Trinajstić information content (AvgIpc) is 3.02. The van der Waals surface area contributed by atoms with Crippen molar-refractivity contribution in [2.75, 3.05) is 0 Å². The molecule has 2 aliphatic carbocycles. The zero-order valence-electron chi connectivity index (χ0n) is 12.5. The first-order chi connectivity index (χ1) is 10.3. The van der Waals surface area contributed by atoms with Gasteiger partial charge in [0.1, 0.15) is 5.03 Å². The minimum Gasteiger partial charge on any atom is -0.349 e. The number of nitrogens with zero attached hydrogens (tertiary/aromatic N) is 1. The molecule has 1 heterocycles. The van der Waals surface area contributed by atoms with Crippen molar-refractivity contribution in [3.8, 4) is 0 Å². The fraction of sp³-hybridized carbons (Fsp3) is 0.647. The van der Waals surface area contributed by atoms with Gasteiger partial charge in [-0.15, -0.1) is 11.8 Å². The molecule has 1 N–H and O–H groups in total. The van der Waals surface area contributed by atoms with Crippen LogP contribution in [-0.2, 0) is 0 Å². The summed E-state index contributed by atoms with van der Waals surface area (Å²) in [6, 6.07) is 4.15. The zero-order valence-corrected chi connectivity index (χ0v) is 13.3. The Morgan fingerprint density at radius 2 is 1.81 bits per heavy atom. The molecule has 4 heteroatoms. The van der Waals surface area contributed by atoms with E-state index >= 15 is 0 Å². The normalized spacial score (nSPS) is 20.6. The van der Waals surface area contributed by atoms with Gasteiger partial charge in [0, 0.05) is 17.5 Å². The van der Waals surface area contributed by atoms with Crippen LogP contribution in [0, 0.1) is 0 Å². The second kappa shape index (κ2) is 7.30. The van der Waals surface area contributed by atoms with Crippen molar-refractivity contribution in [3.63, 3.8) is 0 Å². The van der Waals surface area contributed by atoms with E-state index in [1.54, 1.807) is 18.0 Å².